The van der Waals surface area contributed by atoms with Crippen LogP contribution in [0.1, 0.15) is 29.3 Å². The van der Waals surface area contributed by atoms with Crippen molar-refractivity contribution in [3.63, 3.8) is 0 Å². The zero-order valence-corrected chi connectivity index (χ0v) is 16.7. The molecule has 0 bridgehead atoms. The molecule has 2 aromatic rings. The molecule has 0 saturated heterocycles. The third-order valence-corrected chi connectivity index (χ3v) is 5.42. The molecule has 0 radical (unpaired) electrons. The van der Waals surface area contributed by atoms with Crippen molar-refractivity contribution >= 4 is 27.5 Å². The highest BCUT2D eigenvalue weighted by molar-refractivity contribution is 7.89. The van der Waals surface area contributed by atoms with Crippen LogP contribution in [0.4, 0.5) is 18.9 Å². The molecule has 162 valence electrons. The Labute approximate surface area is 171 Å². The van der Waals surface area contributed by atoms with Gasteiger partial charge in [0.2, 0.25) is 15.9 Å². The highest BCUT2D eigenvalue weighted by Gasteiger charge is 2.30. The first-order valence-electron chi connectivity index (χ1n) is 8.88. The summed E-state index contributed by atoms with van der Waals surface area (Å²) in [5.41, 5.74) is -0.0909. The molecular formula is C19H20F3N3O4S. The molecular weight excluding hydrogens is 423 g/mol. The van der Waals surface area contributed by atoms with E-state index in [1.54, 1.807) is 19.1 Å². The van der Waals surface area contributed by atoms with Crippen LogP contribution in [0.3, 0.4) is 0 Å². The fraction of sp³-hybridized carbons (Fsp3) is 0.263. The lowest BCUT2D eigenvalue weighted by atomic mass is 10.2. The second-order valence-corrected chi connectivity index (χ2v) is 7.92. The molecule has 0 fully saturated rings. The number of benzene rings is 2. The Hall–Kier alpha value is -2.92. The van der Waals surface area contributed by atoms with Crippen LogP contribution >= 0.6 is 0 Å². The number of hydrogen-bond donors (Lipinski definition) is 3. The van der Waals surface area contributed by atoms with E-state index in [-0.39, 0.29) is 23.9 Å². The number of carbonyl (C=O) groups is 2. The maximum atomic E-state index is 12.6. The molecule has 0 aliphatic carbocycles. The van der Waals surface area contributed by atoms with E-state index >= 15 is 0 Å². The molecule has 3 N–H and O–H groups in total. The molecule has 0 heterocycles. The summed E-state index contributed by atoms with van der Waals surface area (Å²) in [6.45, 7) is 1.52. The van der Waals surface area contributed by atoms with Crippen molar-refractivity contribution in [1.82, 2.24) is 10.0 Å². The maximum Gasteiger partial charge on any atom is 0.416 e. The predicted molar refractivity (Wildman–Crippen MR) is 104 cm³/mol. The molecule has 2 rings (SSSR count). The summed E-state index contributed by atoms with van der Waals surface area (Å²) in [6, 6.07) is 9.24. The second kappa shape index (κ2) is 9.72. The molecule has 30 heavy (non-hydrogen) atoms. The summed E-state index contributed by atoms with van der Waals surface area (Å²) >= 11 is 0. The van der Waals surface area contributed by atoms with Gasteiger partial charge in [-0.05, 0) is 48.5 Å². The molecule has 0 spiro atoms. The lowest BCUT2D eigenvalue weighted by molar-refractivity contribution is -0.137. The van der Waals surface area contributed by atoms with Crippen molar-refractivity contribution in [2.45, 2.75) is 24.4 Å². The Kier molecular flexibility index (Phi) is 7.57. The molecule has 0 atom stereocenters. The van der Waals surface area contributed by atoms with E-state index in [2.05, 4.69) is 15.4 Å². The number of amides is 2. The van der Waals surface area contributed by atoms with Crippen LogP contribution < -0.4 is 15.4 Å². The highest BCUT2D eigenvalue weighted by Crippen LogP contribution is 2.29. The van der Waals surface area contributed by atoms with Crippen molar-refractivity contribution in [3.05, 3.63) is 59.7 Å². The van der Waals surface area contributed by atoms with E-state index in [4.69, 9.17) is 0 Å². The standard InChI is InChI=1S/C19H20F3N3O4S/c1-2-17(26)25-15-7-3-13(4-8-15)18(27)23-11-12-24-30(28,29)16-9-5-14(6-10-16)19(20,21)22/h3-10,24H,2,11-12H2,1H3,(H,23,27)(H,25,26). The van der Waals surface area contributed by atoms with Gasteiger partial charge in [0.1, 0.15) is 0 Å². The Morgan fingerprint density at radius 1 is 0.933 bits per heavy atom. The van der Waals surface area contributed by atoms with Crippen molar-refractivity contribution in [1.29, 1.82) is 0 Å². The van der Waals surface area contributed by atoms with Crippen molar-refractivity contribution < 1.29 is 31.2 Å². The second-order valence-electron chi connectivity index (χ2n) is 6.15. The summed E-state index contributed by atoms with van der Waals surface area (Å²) in [5.74, 6) is -0.607. The molecule has 2 amide bonds. The average molecular weight is 443 g/mol. The first kappa shape index (κ1) is 23.4. The SMILES string of the molecule is CCC(=O)Nc1ccc(C(=O)NCCNS(=O)(=O)c2ccc(C(F)(F)F)cc2)cc1. The molecule has 0 aliphatic heterocycles. The number of nitrogens with one attached hydrogen (secondary N) is 3. The number of anilines is 1. The lowest BCUT2D eigenvalue weighted by Crippen LogP contribution is -2.34. The lowest BCUT2D eigenvalue weighted by Gasteiger charge is -2.10. The number of sulfonamides is 1. The van der Waals surface area contributed by atoms with Gasteiger partial charge in [-0.2, -0.15) is 13.2 Å². The number of alkyl halides is 3. The van der Waals surface area contributed by atoms with E-state index in [0.29, 0.717) is 29.8 Å². The zero-order valence-electron chi connectivity index (χ0n) is 15.9. The Morgan fingerprint density at radius 2 is 1.53 bits per heavy atom. The van der Waals surface area contributed by atoms with Crippen LogP contribution in [0.25, 0.3) is 0 Å². The van der Waals surface area contributed by atoms with Crippen LogP contribution in [0.5, 0.6) is 0 Å². The molecule has 2 aromatic carbocycles. The van der Waals surface area contributed by atoms with Gasteiger partial charge in [0, 0.05) is 30.8 Å². The highest BCUT2D eigenvalue weighted by atomic mass is 32.2. The van der Waals surface area contributed by atoms with E-state index in [0.717, 1.165) is 12.1 Å². The van der Waals surface area contributed by atoms with Crippen molar-refractivity contribution in [2.75, 3.05) is 18.4 Å². The monoisotopic (exact) mass is 443 g/mol. The van der Waals surface area contributed by atoms with Gasteiger partial charge in [-0.25, -0.2) is 13.1 Å². The van der Waals surface area contributed by atoms with Crippen LogP contribution in [0.2, 0.25) is 0 Å². The van der Waals surface area contributed by atoms with E-state index in [1.165, 1.54) is 12.1 Å². The first-order valence-corrected chi connectivity index (χ1v) is 10.4. The van der Waals surface area contributed by atoms with Crippen LogP contribution in [0.15, 0.2) is 53.4 Å². The summed E-state index contributed by atoms with van der Waals surface area (Å²) in [7, 11) is -4.01. The minimum Gasteiger partial charge on any atom is -0.351 e. The number of hydrogen-bond acceptors (Lipinski definition) is 4. The average Bonchev–Trinajstić information content (AvgIpc) is 2.71. The van der Waals surface area contributed by atoms with Crippen molar-refractivity contribution in [2.24, 2.45) is 0 Å². The largest absolute Gasteiger partial charge is 0.416 e. The normalized spacial score (nSPS) is 11.7. The predicted octanol–water partition coefficient (Wildman–Crippen LogP) is 2.76. The maximum absolute atomic E-state index is 12.6. The third kappa shape index (κ3) is 6.56. The van der Waals surface area contributed by atoms with E-state index in [1.807, 2.05) is 0 Å². The van der Waals surface area contributed by atoms with Crippen molar-refractivity contribution in [3.8, 4) is 0 Å². The molecule has 11 heteroatoms. The minimum atomic E-state index is -4.56. The van der Waals surface area contributed by atoms with Gasteiger partial charge < -0.3 is 10.6 Å². The van der Waals surface area contributed by atoms with Crippen LogP contribution in [-0.2, 0) is 21.0 Å². The van der Waals surface area contributed by atoms with Crippen LogP contribution in [0, 0.1) is 0 Å². The molecule has 0 aliphatic rings. The third-order valence-electron chi connectivity index (χ3n) is 3.95. The molecule has 0 saturated carbocycles. The zero-order chi connectivity index (χ0) is 22.4. The van der Waals surface area contributed by atoms with Gasteiger partial charge in [-0.1, -0.05) is 6.92 Å². The van der Waals surface area contributed by atoms with Gasteiger partial charge in [-0.3, -0.25) is 9.59 Å². The summed E-state index contributed by atoms with van der Waals surface area (Å²) in [4.78, 5) is 23.1. The number of halogens is 3. The topological polar surface area (TPSA) is 104 Å². The number of rotatable bonds is 8. The molecule has 7 nitrogen and oxygen atoms in total. The molecule has 0 unspecified atom stereocenters. The Bertz CT molecular complexity index is 989. The van der Waals surface area contributed by atoms with Gasteiger partial charge in [0.05, 0.1) is 10.5 Å². The Balaban J connectivity index is 1.85. The summed E-state index contributed by atoms with van der Waals surface area (Å²) in [6.07, 6.45) is -4.23. The van der Waals surface area contributed by atoms with Gasteiger partial charge in [0.25, 0.3) is 5.91 Å². The summed E-state index contributed by atoms with van der Waals surface area (Å²) < 4.78 is 64.1. The fourth-order valence-electron chi connectivity index (χ4n) is 2.32. The molecule has 0 aromatic heterocycles. The number of carbonyl (C=O) groups excluding carboxylic acids is 2. The smallest absolute Gasteiger partial charge is 0.351 e. The first-order chi connectivity index (χ1) is 14.0. The fourth-order valence-corrected chi connectivity index (χ4v) is 3.36. The minimum absolute atomic E-state index is 0.0347. The summed E-state index contributed by atoms with van der Waals surface area (Å²) in [5, 5.41) is 5.17. The van der Waals surface area contributed by atoms with E-state index < -0.39 is 27.7 Å². The quantitative estimate of drug-likeness (QED) is 0.546. The van der Waals surface area contributed by atoms with Gasteiger partial charge in [0.15, 0.2) is 0 Å². The van der Waals surface area contributed by atoms with E-state index in [9.17, 15) is 31.2 Å². The Morgan fingerprint density at radius 3 is 2.07 bits per heavy atom. The van der Waals surface area contributed by atoms with Gasteiger partial charge >= 0.3 is 6.18 Å². The van der Waals surface area contributed by atoms with Gasteiger partial charge in [-0.15, -0.1) is 0 Å². The van der Waals surface area contributed by atoms with Crippen LogP contribution in [-0.4, -0.2) is 33.3 Å².